The van der Waals surface area contributed by atoms with Gasteiger partial charge in [-0.25, -0.2) is 4.98 Å². The Labute approximate surface area is 165 Å². The lowest BCUT2D eigenvalue weighted by atomic mass is 9.99. The van der Waals surface area contributed by atoms with Gasteiger partial charge in [-0.15, -0.1) is 0 Å². The molecule has 1 saturated heterocycles. The number of anilines is 1. The van der Waals surface area contributed by atoms with E-state index >= 15 is 0 Å². The van der Waals surface area contributed by atoms with Gasteiger partial charge in [-0.2, -0.15) is 0 Å². The van der Waals surface area contributed by atoms with Crippen LogP contribution >= 0.6 is 0 Å². The van der Waals surface area contributed by atoms with Gasteiger partial charge in [-0.1, -0.05) is 13.0 Å². The summed E-state index contributed by atoms with van der Waals surface area (Å²) in [5.41, 5.74) is 2.44. The minimum absolute atomic E-state index is 0.0396. The smallest absolute Gasteiger partial charge is 0.257 e. The number of phenolic OH excluding ortho intramolecular Hbond substituents is 1. The number of ether oxygens (including phenoxy) is 1. The van der Waals surface area contributed by atoms with Crippen LogP contribution in [0.2, 0.25) is 0 Å². The van der Waals surface area contributed by atoms with E-state index in [9.17, 15) is 9.90 Å². The first-order valence-electron chi connectivity index (χ1n) is 9.98. The van der Waals surface area contributed by atoms with E-state index in [0.29, 0.717) is 18.8 Å². The lowest BCUT2D eigenvalue weighted by Crippen LogP contribution is -2.39. The van der Waals surface area contributed by atoms with Crippen molar-refractivity contribution in [3.63, 3.8) is 0 Å². The number of nitrogens with one attached hydrogen (secondary N) is 1. The summed E-state index contributed by atoms with van der Waals surface area (Å²) in [6.07, 6.45) is 3.02. The first-order chi connectivity index (χ1) is 13.5. The molecule has 0 aliphatic carbocycles. The Bertz CT molecular complexity index is 903. The fourth-order valence-electron chi connectivity index (χ4n) is 4.02. The van der Waals surface area contributed by atoms with Crippen molar-refractivity contribution in [3.8, 4) is 11.5 Å². The quantitative estimate of drug-likeness (QED) is 0.842. The van der Waals surface area contributed by atoms with Gasteiger partial charge in [0.25, 0.3) is 5.56 Å². The highest BCUT2D eigenvalue weighted by molar-refractivity contribution is 5.40. The first kappa shape index (κ1) is 18.8. The van der Waals surface area contributed by atoms with Gasteiger partial charge in [0.05, 0.1) is 18.4 Å². The molecular formula is C21H28N4O3. The van der Waals surface area contributed by atoms with Gasteiger partial charge in [0, 0.05) is 50.8 Å². The highest BCUT2D eigenvalue weighted by Gasteiger charge is 2.24. The largest absolute Gasteiger partial charge is 0.507 e. The summed E-state index contributed by atoms with van der Waals surface area (Å²) in [6, 6.07) is 5.33. The van der Waals surface area contributed by atoms with Crippen molar-refractivity contribution in [1.82, 2.24) is 14.9 Å². The number of nitrogens with zero attached hydrogens (tertiary/aromatic N) is 3. The molecule has 1 fully saturated rings. The summed E-state index contributed by atoms with van der Waals surface area (Å²) in [5, 5.41) is 10.2. The average molecular weight is 384 g/mol. The van der Waals surface area contributed by atoms with Crippen molar-refractivity contribution in [1.29, 1.82) is 0 Å². The molecule has 28 heavy (non-hydrogen) atoms. The summed E-state index contributed by atoms with van der Waals surface area (Å²) in [4.78, 5) is 24.9. The van der Waals surface area contributed by atoms with Crippen molar-refractivity contribution in [2.24, 2.45) is 5.92 Å². The van der Waals surface area contributed by atoms with Gasteiger partial charge in [0.2, 0.25) is 5.95 Å². The number of H-pyrrole nitrogens is 1. The third-order valence-corrected chi connectivity index (χ3v) is 5.90. The summed E-state index contributed by atoms with van der Waals surface area (Å²) >= 11 is 0. The number of rotatable bonds is 4. The molecule has 0 atom stereocenters. The van der Waals surface area contributed by atoms with Crippen LogP contribution in [0, 0.1) is 5.92 Å². The molecule has 1 aromatic carbocycles. The molecule has 0 amide bonds. The van der Waals surface area contributed by atoms with Crippen molar-refractivity contribution < 1.29 is 9.84 Å². The maximum atomic E-state index is 12.7. The number of methoxy groups -OCH3 is 1. The van der Waals surface area contributed by atoms with Crippen LogP contribution in [0.15, 0.2) is 23.0 Å². The van der Waals surface area contributed by atoms with E-state index in [0.717, 1.165) is 67.6 Å². The van der Waals surface area contributed by atoms with Gasteiger partial charge in [0.1, 0.15) is 11.5 Å². The van der Waals surface area contributed by atoms with E-state index in [4.69, 9.17) is 9.72 Å². The van der Waals surface area contributed by atoms with Crippen LogP contribution < -0.4 is 15.2 Å². The van der Waals surface area contributed by atoms with Crippen LogP contribution in [0.25, 0.3) is 0 Å². The highest BCUT2D eigenvalue weighted by Crippen LogP contribution is 2.27. The number of piperidine rings is 1. The monoisotopic (exact) mass is 384 g/mol. The Balaban J connectivity index is 1.49. The fraction of sp³-hybridized carbons (Fsp3) is 0.524. The standard InChI is InChI=1S/C21H28N4O3/c1-14-5-9-25(10-6-14)21-22-18-7-8-24(13-17(18)20(27)23-21)12-15-3-4-16(28-2)11-19(15)26/h3-4,11,14,26H,5-10,12-13H2,1-2H3,(H,22,23,27). The third kappa shape index (κ3) is 3.85. The second kappa shape index (κ2) is 7.83. The van der Waals surface area contributed by atoms with Crippen molar-refractivity contribution in [2.75, 3.05) is 31.6 Å². The van der Waals surface area contributed by atoms with E-state index in [1.807, 2.05) is 12.1 Å². The molecule has 4 rings (SSSR count). The van der Waals surface area contributed by atoms with Gasteiger partial charge < -0.3 is 14.7 Å². The highest BCUT2D eigenvalue weighted by atomic mass is 16.5. The Morgan fingerprint density at radius 1 is 1.29 bits per heavy atom. The van der Waals surface area contributed by atoms with E-state index in [-0.39, 0.29) is 11.3 Å². The van der Waals surface area contributed by atoms with Crippen LogP contribution in [0.3, 0.4) is 0 Å². The van der Waals surface area contributed by atoms with Crippen molar-refractivity contribution >= 4 is 5.95 Å². The zero-order valence-electron chi connectivity index (χ0n) is 16.6. The third-order valence-electron chi connectivity index (χ3n) is 5.90. The molecule has 0 unspecified atom stereocenters. The number of fused-ring (bicyclic) bond motifs is 1. The van der Waals surface area contributed by atoms with Gasteiger partial charge in [-0.05, 0) is 24.8 Å². The molecule has 2 aromatic rings. The molecule has 0 bridgehead atoms. The second-order valence-corrected chi connectivity index (χ2v) is 7.94. The van der Waals surface area contributed by atoms with Crippen LogP contribution in [0.1, 0.15) is 36.6 Å². The van der Waals surface area contributed by atoms with Crippen LogP contribution in [-0.4, -0.2) is 46.7 Å². The number of aromatic nitrogens is 2. The van der Waals surface area contributed by atoms with E-state index in [1.165, 1.54) is 0 Å². The predicted octanol–water partition coefficient (Wildman–Crippen LogP) is 2.28. The van der Waals surface area contributed by atoms with E-state index in [1.54, 1.807) is 13.2 Å². The molecule has 7 heteroatoms. The first-order valence-corrected chi connectivity index (χ1v) is 9.98. The Morgan fingerprint density at radius 3 is 2.79 bits per heavy atom. The lowest BCUT2D eigenvalue weighted by Gasteiger charge is -2.32. The second-order valence-electron chi connectivity index (χ2n) is 7.94. The number of phenols is 1. The number of benzene rings is 1. The Hall–Kier alpha value is -2.54. The molecule has 0 saturated carbocycles. The van der Waals surface area contributed by atoms with Gasteiger partial charge >= 0.3 is 0 Å². The normalized spacial score (nSPS) is 18.1. The molecule has 0 spiro atoms. The predicted molar refractivity (Wildman–Crippen MR) is 108 cm³/mol. The molecule has 0 radical (unpaired) electrons. The lowest BCUT2D eigenvalue weighted by molar-refractivity contribution is 0.238. The summed E-state index contributed by atoms with van der Waals surface area (Å²) in [5.74, 6) is 2.30. The molecule has 2 aliphatic rings. The SMILES string of the molecule is COc1ccc(CN2CCc3nc(N4CCC(C)CC4)[nH]c(=O)c3C2)c(O)c1. The number of aromatic amines is 1. The molecule has 150 valence electrons. The minimum atomic E-state index is -0.0396. The number of hydrogen-bond acceptors (Lipinski definition) is 6. The number of aromatic hydroxyl groups is 1. The topological polar surface area (TPSA) is 81.7 Å². The maximum absolute atomic E-state index is 12.7. The van der Waals surface area contributed by atoms with Gasteiger partial charge in [0.15, 0.2) is 0 Å². The summed E-state index contributed by atoms with van der Waals surface area (Å²) < 4.78 is 5.14. The molecule has 7 nitrogen and oxygen atoms in total. The zero-order valence-corrected chi connectivity index (χ0v) is 16.6. The molecular weight excluding hydrogens is 356 g/mol. The van der Waals surface area contributed by atoms with Crippen LogP contribution in [0.5, 0.6) is 11.5 Å². The maximum Gasteiger partial charge on any atom is 0.257 e. The summed E-state index contributed by atoms with van der Waals surface area (Å²) in [6.45, 7) is 6.11. The van der Waals surface area contributed by atoms with E-state index in [2.05, 4.69) is 21.7 Å². The van der Waals surface area contributed by atoms with Gasteiger partial charge in [-0.3, -0.25) is 14.7 Å². The molecule has 3 heterocycles. The van der Waals surface area contributed by atoms with Crippen molar-refractivity contribution in [3.05, 3.63) is 45.4 Å². The Kier molecular flexibility index (Phi) is 5.26. The Morgan fingerprint density at radius 2 is 2.07 bits per heavy atom. The van der Waals surface area contributed by atoms with Crippen LogP contribution in [0.4, 0.5) is 5.95 Å². The molecule has 2 N–H and O–H groups in total. The molecule has 2 aliphatic heterocycles. The average Bonchev–Trinajstić information content (AvgIpc) is 2.70. The van der Waals surface area contributed by atoms with Crippen LogP contribution in [-0.2, 0) is 19.5 Å². The van der Waals surface area contributed by atoms with Crippen molar-refractivity contribution in [2.45, 2.75) is 39.3 Å². The summed E-state index contributed by atoms with van der Waals surface area (Å²) in [7, 11) is 1.58. The minimum Gasteiger partial charge on any atom is -0.507 e. The fourth-order valence-corrected chi connectivity index (χ4v) is 4.02. The van der Waals surface area contributed by atoms with E-state index < -0.39 is 0 Å². The zero-order chi connectivity index (χ0) is 19.7. The number of hydrogen-bond donors (Lipinski definition) is 2. The molecule has 1 aromatic heterocycles.